The fourth-order valence-electron chi connectivity index (χ4n) is 3.20. The molecule has 2 heterocycles. The Morgan fingerprint density at radius 2 is 2.20 bits per heavy atom. The minimum absolute atomic E-state index is 0.611. The van der Waals surface area contributed by atoms with E-state index in [1.807, 2.05) is 0 Å². The smallest absolute Gasteiger partial charge is 0.0726 e. The molecule has 20 heavy (non-hydrogen) atoms. The Morgan fingerprint density at radius 3 is 3.05 bits per heavy atom. The molecule has 0 bridgehead atoms. The third-order valence-electron chi connectivity index (χ3n) is 4.14. The number of likely N-dealkylation sites (N-methyl/N-ethyl adjacent to an activating group) is 1. The average molecular weight is 269 g/mol. The summed E-state index contributed by atoms with van der Waals surface area (Å²) in [5.74, 6) is 0. The van der Waals surface area contributed by atoms with Crippen molar-refractivity contribution in [3.63, 3.8) is 0 Å². The first kappa shape index (κ1) is 13.4. The minimum atomic E-state index is 0.611. The van der Waals surface area contributed by atoms with E-state index in [1.165, 1.54) is 23.9 Å². The number of pyridine rings is 1. The molecule has 3 rings (SSSR count). The fraction of sp³-hybridized carbons (Fsp3) is 0.471. The van der Waals surface area contributed by atoms with Crippen molar-refractivity contribution in [1.29, 1.82) is 0 Å². The number of para-hydroxylation sites is 1. The Morgan fingerprint density at radius 1 is 1.35 bits per heavy atom. The van der Waals surface area contributed by atoms with Crippen molar-refractivity contribution in [2.75, 3.05) is 24.5 Å². The minimum Gasteiger partial charge on any atom is -0.367 e. The van der Waals surface area contributed by atoms with Crippen LogP contribution in [0.1, 0.15) is 25.5 Å². The van der Waals surface area contributed by atoms with Crippen LogP contribution in [0.15, 0.2) is 30.3 Å². The summed E-state index contributed by atoms with van der Waals surface area (Å²) in [7, 11) is 0. The van der Waals surface area contributed by atoms with Crippen molar-refractivity contribution >= 4 is 16.6 Å². The lowest BCUT2D eigenvalue weighted by Crippen LogP contribution is -2.38. The van der Waals surface area contributed by atoms with Gasteiger partial charge in [-0.05, 0) is 38.4 Å². The first-order chi connectivity index (χ1) is 9.79. The number of rotatable bonds is 4. The second-order valence-corrected chi connectivity index (χ2v) is 5.60. The lowest BCUT2D eigenvalue weighted by Gasteiger charge is -2.28. The average Bonchev–Trinajstić information content (AvgIpc) is 2.92. The van der Waals surface area contributed by atoms with E-state index in [-0.39, 0.29) is 0 Å². The van der Waals surface area contributed by atoms with Gasteiger partial charge in [-0.15, -0.1) is 0 Å². The van der Waals surface area contributed by atoms with Crippen LogP contribution in [0, 0.1) is 6.92 Å². The van der Waals surface area contributed by atoms with Gasteiger partial charge in [0.15, 0.2) is 0 Å². The molecule has 1 N–H and O–H groups in total. The molecule has 1 aromatic carbocycles. The van der Waals surface area contributed by atoms with Crippen LogP contribution in [0.3, 0.4) is 0 Å². The fourth-order valence-corrected chi connectivity index (χ4v) is 3.20. The predicted molar refractivity (Wildman–Crippen MR) is 85.4 cm³/mol. The van der Waals surface area contributed by atoms with Crippen LogP contribution in [0.25, 0.3) is 10.9 Å². The van der Waals surface area contributed by atoms with E-state index in [4.69, 9.17) is 0 Å². The van der Waals surface area contributed by atoms with Crippen LogP contribution in [-0.2, 0) is 0 Å². The molecule has 0 amide bonds. The van der Waals surface area contributed by atoms with E-state index >= 15 is 0 Å². The summed E-state index contributed by atoms with van der Waals surface area (Å²) in [6, 6.07) is 11.3. The Bertz CT molecular complexity index is 594. The number of anilines is 1. The molecular weight excluding hydrogens is 246 g/mol. The van der Waals surface area contributed by atoms with Crippen molar-refractivity contribution in [1.82, 2.24) is 10.3 Å². The van der Waals surface area contributed by atoms with E-state index < -0.39 is 0 Å². The molecule has 1 atom stereocenters. The maximum Gasteiger partial charge on any atom is 0.0726 e. The summed E-state index contributed by atoms with van der Waals surface area (Å²) in [4.78, 5) is 7.22. The Hall–Kier alpha value is -1.61. The van der Waals surface area contributed by atoms with Gasteiger partial charge in [0.25, 0.3) is 0 Å². The normalized spacial score (nSPS) is 18.9. The zero-order valence-electron chi connectivity index (χ0n) is 12.4. The van der Waals surface area contributed by atoms with Gasteiger partial charge in [0.05, 0.1) is 5.52 Å². The summed E-state index contributed by atoms with van der Waals surface area (Å²) >= 11 is 0. The SMILES string of the molecule is CCNCC1CCCN1c1cc(C)nc2ccccc12. The van der Waals surface area contributed by atoms with Gasteiger partial charge in [-0.3, -0.25) is 4.98 Å². The van der Waals surface area contributed by atoms with Gasteiger partial charge in [0.1, 0.15) is 0 Å². The highest BCUT2D eigenvalue weighted by Crippen LogP contribution is 2.32. The zero-order chi connectivity index (χ0) is 13.9. The standard InChI is InChI=1S/C17H23N3/c1-3-18-12-14-7-6-10-20(14)17-11-13(2)19-16-9-5-4-8-15(16)17/h4-5,8-9,11,14,18H,3,6-7,10,12H2,1-2H3. The summed E-state index contributed by atoms with van der Waals surface area (Å²) in [6.07, 6.45) is 2.56. The molecule has 0 saturated carbocycles. The number of hydrogen-bond donors (Lipinski definition) is 1. The first-order valence-electron chi connectivity index (χ1n) is 7.63. The second-order valence-electron chi connectivity index (χ2n) is 5.60. The Labute approximate surface area is 121 Å². The van der Waals surface area contributed by atoms with Crippen LogP contribution >= 0.6 is 0 Å². The number of hydrogen-bond acceptors (Lipinski definition) is 3. The quantitative estimate of drug-likeness (QED) is 0.924. The van der Waals surface area contributed by atoms with Gasteiger partial charge in [0, 0.05) is 35.9 Å². The van der Waals surface area contributed by atoms with Gasteiger partial charge >= 0.3 is 0 Å². The molecule has 1 aliphatic rings. The van der Waals surface area contributed by atoms with E-state index in [0.29, 0.717) is 6.04 Å². The van der Waals surface area contributed by atoms with Gasteiger partial charge < -0.3 is 10.2 Å². The number of aryl methyl sites for hydroxylation is 1. The van der Waals surface area contributed by atoms with Gasteiger partial charge in [-0.25, -0.2) is 0 Å². The van der Waals surface area contributed by atoms with Crippen LogP contribution < -0.4 is 10.2 Å². The molecule has 106 valence electrons. The number of aromatic nitrogens is 1. The highest BCUT2D eigenvalue weighted by atomic mass is 15.2. The maximum atomic E-state index is 4.65. The highest BCUT2D eigenvalue weighted by Gasteiger charge is 2.25. The lowest BCUT2D eigenvalue weighted by molar-refractivity contribution is 0.588. The number of benzene rings is 1. The second kappa shape index (κ2) is 5.80. The van der Waals surface area contributed by atoms with Crippen molar-refractivity contribution in [3.8, 4) is 0 Å². The number of nitrogens with one attached hydrogen (secondary N) is 1. The van der Waals surface area contributed by atoms with Crippen molar-refractivity contribution in [2.45, 2.75) is 32.7 Å². The van der Waals surface area contributed by atoms with Crippen LogP contribution in [-0.4, -0.2) is 30.7 Å². The summed E-state index contributed by atoms with van der Waals surface area (Å²) in [5.41, 5.74) is 3.57. The molecule has 0 spiro atoms. The number of fused-ring (bicyclic) bond motifs is 1. The summed E-state index contributed by atoms with van der Waals surface area (Å²) in [5, 5.41) is 4.77. The van der Waals surface area contributed by atoms with Gasteiger partial charge in [-0.1, -0.05) is 25.1 Å². The molecule has 0 radical (unpaired) electrons. The van der Waals surface area contributed by atoms with Crippen molar-refractivity contribution in [3.05, 3.63) is 36.0 Å². The molecule has 1 fully saturated rings. The molecule has 1 aliphatic heterocycles. The largest absolute Gasteiger partial charge is 0.367 e. The van der Waals surface area contributed by atoms with Crippen LogP contribution in [0.5, 0.6) is 0 Å². The molecule has 0 aliphatic carbocycles. The first-order valence-corrected chi connectivity index (χ1v) is 7.63. The third kappa shape index (κ3) is 2.50. The summed E-state index contributed by atoms with van der Waals surface area (Å²) < 4.78 is 0. The third-order valence-corrected chi connectivity index (χ3v) is 4.14. The monoisotopic (exact) mass is 269 g/mol. The van der Waals surface area contributed by atoms with Gasteiger partial charge in [-0.2, -0.15) is 0 Å². The molecule has 1 unspecified atom stereocenters. The Kier molecular flexibility index (Phi) is 3.88. The van der Waals surface area contributed by atoms with E-state index in [9.17, 15) is 0 Å². The predicted octanol–water partition coefficient (Wildman–Crippen LogP) is 3.12. The lowest BCUT2D eigenvalue weighted by atomic mass is 10.1. The topological polar surface area (TPSA) is 28.2 Å². The van der Waals surface area contributed by atoms with E-state index in [1.54, 1.807) is 0 Å². The highest BCUT2D eigenvalue weighted by molar-refractivity contribution is 5.92. The van der Waals surface area contributed by atoms with Gasteiger partial charge in [0.2, 0.25) is 0 Å². The van der Waals surface area contributed by atoms with Crippen LogP contribution in [0.4, 0.5) is 5.69 Å². The van der Waals surface area contributed by atoms with Crippen molar-refractivity contribution < 1.29 is 0 Å². The number of nitrogens with zero attached hydrogens (tertiary/aromatic N) is 2. The molecule has 1 saturated heterocycles. The molecule has 1 aromatic heterocycles. The van der Waals surface area contributed by atoms with Crippen molar-refractivity contribution in [2.24, 2.45) is 0 Å². The van der Waals surface area contributed by atoms with E-state index in [2.05, 4.69) is 59.4 Å². The molecule has 2 aromatic rings. The Balaban J connectivity index is 2.00. The van der Waals surface area contributed by atoms with E-state index in [0.717, 1.165) is 30.8 Å². The molecule has 3 nitrogen and oxygen atoms in total. The molecular formula is C17H23N3. The molecule has 3 heteroatoms. The zero-order valence-corrected chi connectivity index (χ0v) is 12.4. The summed E-state index contributed by atoms with van der Waals surface area (Å²) in [6.45, 7) is 7.53. The van der Waals surface area contributed by atoms with Crippen LogP contribution in [0.2, 0.25) is 0 Å². The maximum absolute atomic E-state index is 4.65.